The van der Waals surface area contributed by atoms with Crippen molar-refractivity contribution in [2.75, 3.05) is 12.4 Å². The third kappa shape index (κ3) is 3.95. The molecule has 1 fully saturated rings. The fourth-order valence-corrected chi connectivity index (χ4v) is 4.98. The van der Waals surface area contributed by atoms with Gasteiger partial charge in [0.25, 0.3) is 0 Å². The molecule has 4 heterocycles. The van der Waals surface area contributed by atoms with Crippen molar-refractivity contribution in [3.05, 3.63) is 73.4 Å². The van der Waals surface area contributed by atoms with E-state index in [0.29, 0.717) is 5.82 Å². The van der Waals surface area contributed by atoms with Gasteiger partial charge in [-0.25, -0.2) is 14.5 Å². The van der Waals surface area contributed by atoms with E-state index in [1.165, 1.54) is 0 Å². The number of benzene rings is 1. The molecule has 4 aromatic heterocycles. The molecule has 8 heteroatoms. The number of nitrogens with one attached hydrogen (secondary N) is 1. The molecule has 0 unspecified atom stereocenters. The minimum atomic E-state index is 0.270. The second kappa shape index (κ2) is 8.96. The Morgan fingerprint density at radius 3 is 2.54 bits per heavy atom. The Balaban J connectivity index is 1.60. The lowest BCUT2D eigenvalue weighted by molar-refractivity contribution is 0.108. The maximum atomic E-state index is 5.62. The first-order valence-corrected chi connectivity index (χ1v) is 11.9. The number of pyridine rings is 1. The minimum absolute atomic E-state index is 0.270. The first-order valence-electron chi connectivity index (χ1n) is 11.9. The molecule has 0 bridgehead atoms. The van der Waals surface area contributed by atoms with Gasteiger partial charge in [-0.3, -0.25) is 4.98 Å². The molecule has 8 nitrogen and oxygen atoms in total. The highest BCUT2D eigenvalue weighted by Crippen LogP contribution is 2.40. The van der Waals surface area contributed by atoms with Gasteiger partial charge in [-0.15, -0.1) is 5.10 Å². The number of fused-ring (bicyclic) bond motifs is 1. The van der Waals surface area contributed by atoms with E-state index in [1.54, 1.807) is 13.3 Å². The average molecular weight is 466 g/mol. The summed E-state index contributed by atoms with van der Waals surface area (Å²) in [5.41, 5.74) is 5.30. The van der Waals surface area contributed by atoms with Gasteiger partial charge in [0.1, 0.15) is 5.52 Å². The number of aromatic nitrogens is 6. The number of nitrogens with zero attached hydrogens (tertiary/aromatic N) is 6. The topological polar surface area (TPSA) is 82.2 Å². The molecular weight excluding hydrogens is 438 g/mol. The number of aryl methyl sites for hydroxylation is 1. The fourth-order valence-electron chi connectivity index (χ4n) is 4.98. The monoisotopic (exact) mass is 465 g/mol. The number of rotatable bonds is 6. The van der Waals surface area contributed by atoms with Crippen LogP contribution in [0.3, 0.4) is 0 Å². The van der Waals surface area contributed by atoms with Crippen LogP contribution >= 0.6 is 0 Å². The molecule has 1 aliphatic carbocycles. The molecule has 2 atom stereocenters. The number of ether oxygens (including phenoxy) is 1. The first-order chi connectivity index (χ1) is 17.2. The zero-order valence-electron chi connectivity index (χ0n) is 19.8. The summed E-state index contributed by atoms with van der Waals surface area (Å²) in [6.45, 7) is 0. The quantitative estimate of drug-likeness (QED) is 0.387. The smallest absolute Gasteiger partial charge is 0.218 e. The van der Waals surface area contributed by atoms with E-state index in [-0.39, 0.29) is 12.1 Å². The summed E-state index contributed by atoms with van der Waals surface area (Å²) in [7, 11) is 3.74. The van der Waals surface area contributed by atoms with Crippen LogP contribution in [-0.4, -0.2) is 48.4 Å². The van der Waals surface area contributed by atoms with Crippen molar-refractivity contribution >= 4 is 11.3 Å². The molecule has 35 heavy (non-hydrogen) atoms. The normalized spacial score (nSPS) is 17.8. The van der Waals surface area contributed by atoms with E-state index < -0.39 is 0 Å². The molecule has 0 spiro atoms. The predicted molar refractivity (Wildman–Crippen MR) is 136 cm³/mol. The van der Waals surface area contributed by atoms with Crippen LogP contribution in [-0.2, 0) is 11.8 Å². The van der Waals surface area contributed by atoms with E-state index in [0.717, 1.165) is 58.7 Å². The highest BCUT2D eigenvalue weighted by atomic mass is 16.5. The summed E-state index contributed by atoms with van der Waals surface area (Å²) in [5.74, 6) is 2.10. The lowest BCUT2D eigenvalue weighted by Crippen LogP contribution is -2.19. The largest absolute Gasteiger partial charge is 0.381 e. The number of imidazole rings is 1. The van der Waals surface area contributed by atoms with E-state index in [2.05, 4.69) is 45.7 Å². The van der Waals surface area contributed by atoms with Gasteiger partial charge >= 0.3 is 0 Å². The van der Waals surface area contributed by atoms with Crippen molar-refractivity contribution in [3.8, 4) is 33.9 Å². The highest BCUT2D eigenvalue weighted by molar-refractivity contribution is 5.99. The zero-order chi connectivity index (χ0) is 23.8. The number of hydrogen-bond donors (Lipinski definition) is 1. The van der Waals surface area contributed by atoms with Crippen molar-refractivity contribution < 1.29 is 4.74 Å². The second-order valence-corrected chi connectivity index (χ2v) is 8.97. The first kappa shape index (κ1) is 21.5. The van der Waals surface area contributed by atoms with Gasteiger partial charge in [-0.1, -0.05) is 30.3 Å². The number of anilines is 1. The van der Waals surface area contributed by atoms with Crippen LogP contribution in [0.15, 0.2) is 73.4 Å². The number of methoxy groups -OCH3 is 1. The van der Waals surface area contributed by atoms with E-state index >= 15 is 0 Å². The maximum Gasteiger partial charge on any atom is 0.218 e. The Hall–Kier alpha value is -4.04. The zero-order valence-corrected chi connectivity index (χ0v) is 19.8. The SMILES string of the molecule is CO[C@H]1CC[C@H](Nc2nc(-c3nccn3C)nn3cc(-c4ccncc4)c(-c4ccccc4)c23)C1. The Kier molecular flexibility index (Phi) is 5.50. The highest BCUT2D eigenvalue weighted by Gasteiger charge is 2.27. The molecule has 0 saturated heterocycles. The van der Waals surface area contributed by atoms with Gasteiger partial charge in [-0.2, -0.15) is 0 Å². The lowest BCUT2D eigenvalue weighted by atomic mass is 9.98. The molecule has 0 aliphatic heterocycles. The lowest BCUT2D eigenvalue weighted by Gasteiger charge is -2.16. The van der Waals surface area contributed by atoms with Crippen LogP contribution in [0.25, 0.3) is 39.4 Å². The molecule has 1 aliphatic rings. The third-order valence-electron chi connectivity index (χ3n) is 6.76. The molecule has 1 N–H and O–H groups in total. The fraction of sp³-hybridized carbons (Fsp3) is 0.259. The van der Waals surface area contributed by atoms with Gasteiger partial charge < -0.3 is 14.6 Å². The Bertz CT molecular complexity index is 1460. The van der Waals surface area contributed by atoms with E-state index in [9.17, 15) is 0 Å². The maximum absolute atomic E-state index is 5.62. The molecule has 0 radical (unpaired) electrons. The van der Waals surface area contributed by atoms with Crippen molar-refractivity contribution in [2.24, 2.45) is 7.05 Å². The molecule has 0 amide bonds. The van der Waals surface area contributed by atoms with Crippen LogP contribution in [0.5, 0.6) is 0 Å². The predicted octanol–water partition coefficient (Wildman–Crippen LogP) is 4.84. The summed E-state index contributed by atoms with van der Waals surface area (Å²) in [4.78, 5) is 13.8. The Morgan fingerprint density at radius 2 is 1.83 bits per heavy atom. The van der Waals surface area contributed by atoms with Gasteiger partial charge in [0.15, 0.2) is 11.6 Å². The standard InChI is InChI=1S/C27H27N7O/c1-33-15-14-29-27(33)26-31-25(30-20-8-9-21(16-20)35-2)24-23(19-6-4-3-5-7-19)22(17-34(24)32-26)18-10-12-28-13-11-18/h3-7,10-15,17,20-21H,8-9,16H2,1-2H3,(H,30,31,32)/t20-,21-/m0/s1. The van der Waals surface area contributed by atoms with Crippen molar-refractivity contribution in [1.29, 1.82) is 0 Å². The van der Waals surface area contributed by atoms with E-state index in [4.69, 9.17) is 14.8 Å². The van der Waals surface area contributed by atoms with Gasteiger partial charge in [0.05, 0.1) is 6.10 Å². The second-order valence-electron chi connectivity index (χ2n) is 8.97. The summed E-state index contributed by atoms with van der Waals surface area (Å²) >= 11 is 0. The van der Waals surface area contributed by atoms with Crippen LogP contribution in [0, 0.1) is 0 Å². The molecule has 5 aromatic rings. The number of hydrogen-bond acceptors (Lipinski definition) is 6. The molecular formula is C27H27N7O. The molecule has 1 saturated carbocycles. The average Bonchev–Trinajstić information content (AvgIpc) is 3.63. The van der Waals surface area contributed by atoms with Crippen molar-refractivity contribution in [2.45, 2.75) is 31.4 Å². The van der Waals surface area contributed by atoms with Crippen molar-refractivity contribution in [3.63, 3.8) is 0 Å². The minimum Gasteiger partial charge on any atom is -0.381 e. The summed E-state index contributed by atoms with van der Waals surface area (Å²) in [6, 6.07) is 14.8. The van der Waals surface area contributed by atoms with E-state index in [1.807, 2.05) is 52.9 Å². The van der Waals surface area contributed by atoms with Crippen LogP contribution < -0.4 is 5.32 Å². The van der Waals surface area contributed by atoms with Crippen LogP contribution in [0.2, 0.25) is 0 Å². The van der Waals surface area contributed by atoms with Crippen molar-refractivity contribution in [1.82, 2.24) is 29.1 Å². The van der Waals surface area contributed by atoms with Gasteiger partial charge in [0, 0.05) is 62.3 Å². The third-order valence-corrected chi connectivity index (χ3v) is 6.76. The van der Waals surface area contributed by atoms with Crippen LogP contribution in [0.1, 0.15) is 19.3 Å². The van der Waals surface area contributed by atoms with Crippen LogP contribution in [0.4, 0.5) is 5.82 Å². The summed E-state index contributed by atoms with van der Waals surface area (Å²) in [5, 5.41) is 8.66. The Labute approximate surface area is 203 Å². The van der Waals surface area contributed by atoms with Gasteiger partial charge in [0.2, 0.25) is 5.82 Å². The molecule has 176 valence electrons. The Morgan fingerprint density at radius 1 is 1.00 bits per heavy atom. The summed E-state index contributed by atoms with van der Waals surface area (Å²) in [6.07, 6.45) is 12.7. The molecule has 6 rings (SSSR count). The molecule has 1 aromatic carbocycles. The summed E-state index contributed by atoms with van der Waals surface area (Å²) < 4.78 is 9.50. The van der Waals surface area contributed by atoms with Gasteiger partial charge in [-0.05, 0) is 42.5 Å².